The van der Waals surface area contributed by atoms with Crippen LogP contribution in [0.5, 0.6) is 0 Å². The minimum Gasteiger partial charge on any atom is -0.344 e. The molecule has 3 nitrogen and oxygen atoms in total. The van der Waals surface area contributed by atoms with Crippen LogP contribution in [0, 0.1) is 12.1 Å². The fraction of sp³-hybridized carbons (Fsp3) is 0. The molecule has 0 radical (unpaired) electrons. The standard InChI is InChI=1S/C14H8ClN2.C6H3BrCl.ClH.Fe.H3N/c1-2-11-7-5-9-3-4-10-6-8-12(15)17-14(10)13(9)16-11;7-5-2-1-3-6(8)4-5;;;/h3-8H,1H2;1-3H;1H;;1H3/q2*-1;;+2;. The molecule has 0 saturated carbocycles. The molecule has 0 fully saturated rings. The second-order valence-electron chi connectivity index (χ2n) is 5.06. The van der Waals surface area contributed by atoms with Crippen molar-refractivity contribution in [1.82, 2.24) is 16.1 Å². The summed E-state index contributed by atoms with van der Waals surface area (Å²) in [6.07, 6.45) is 2.78. The van der Waals surface area contributed by atoms with Crippen LogP contribution in [0.25, 0.3) is 21.8 Å². The van der Waals surface area contributed by atoms with Gasteiger partial charge in [0, 0.05) is 5.39 Å². The van der Waals surface area contributed by atoms with Crippen molar-refractivity contribution in [2.75, 3.05) is 0 Å². The van der Waals surface area contributed by atoms with Crippen LogP contribution in [0.3, 0.4) is 0 Å². The van der Waals surface area contributed by atoms with Crippen molar-refractivity contribution in [3.8, 4) is 0 Å². The zero-order chi connectivity index (χ0) is 17.8. The van der Waals surface area contributed by atoms with Crippen LogP contribution in [0.2, 0.25) is 10.2 Å². The maximum absolute atomic E-state index is 5.93. The van der Waals surface area contributed by atoms with E-state index < -0.39 is 0 Å². The Labute approximate surface area is 199 Å². The fourth-order valence-corrected chi connectivity index (χ4v) is 3.06. The molecule has 0 saturated heterocycles. The third-order valence-corrected chi connectivity index (χ3v) is 4.28. The van der Waals surface area contributed by atoms with Gasteiger partial charge >= 0.3 is 17.1 Å². The summed E-state index contributed by atoms with van der Waals surface area (Å²) in [6, 6.07) is 20.0. The quantitative estimate of drug-likeness (QED) is 0.120. The van der Waals surface area contributed by atoms with Crippen molar-refractivity contribution in [2.24, 2.45) is 0 Å². The second-order valence-corrected chi connectivity index (χ2v) is 6.71. The number of aromatic nitrogens is 2. The van der Waals surface area contributed by atoms with E-state index in [-0.39, 0.29) is 35.6 Å². The average Bonchev–Trinajstić information content (AvgIpc) is 2.61. The Bertz CT molecular complexity index is 1060. The van der Waals surface area contributed by atoms with E-state index >= 15 is 0 Å². The molecule has 0 amide bonds. The monoisotopic (exact) mass is 537 g/mol. The normalized spacial score (nSPS) is 9.25. The van der Waals surface area contributed by atoms with Gasteiger partial charge in [-0.2, -0.15) is 30.8 Å². The Hall–Kier alpha value is -1.17. The van der Waals surface area contributed by atoms with E-state index in [2.05, 4.69) is 44.6 Å². The van der Waals surface area contributed by atoms with E-state index in [9.17, 15) is 0 Å². The number of hydrogen-bond donors (Lipinski definition) is 1. The second kappa shape index (κ2) is 12.4. The minimum atomic E-state index is 0. The molecule has 4 aromatic rings. The SMILES string of the molecule is C=[C-]c1ccc2ccc3ccc(Cl)nc3c2n1.Cl.Clc1[c-]c(Br)ccc1.N.[Fe+2]. The van der Waals surface area contributed by atoms with E-state index in [4.69, 9.17) is 23.2 Å². The molecule has 0 aliphatic rings. The molecule has 0 aliphatic carbocycles. The molecule has 0 spiro atoms. The molecule has 3 N–H and O–H groups in total. The molecule has 0 bridgehead atoms. The molecule has 2 heterocycles. The molecule has 0 unspecified atom stereocenters. The number of pyridine rings is 2. The van der Waals surface area contributed by atoms with Crippen LogP contribution in [0.1, 0.15) is 5.69 Å². The van der Waals surface area contributed by atoms with Crippen LogP contribution < -0.4 is 6.15 Å². The van der Waals surface area contributed by atoms with Gasteiger partial charge < -0.3 is 6.15 Å². The van der Waals surface area contributed by atoms with Crippen molar-refractivity contribution < 1.29 is 17.1 Å². The van der Waals surface area contributed by atoms with Gasteiger partial charge in [0.1, 0.15) is 5.15 Å². The summed E-state index contributed by atoms with van der Waals surface area (Å²) in [6.45, 7) is 3.60. The third-order valence-electron chi connectivity index (χ3n) is 3.39. The molecular formula is C20H15BrCl3FeN3. The van der Waals surface area contributed by atoms with Gasteiger partial charge in [0.05, 0.1) is 11.0 Å². The Morgan fingerprint density at radius 1 is 0.893 bits per heavy atom. The van der Waals surface area contributed by atoms with Crippen LogP contribution in [0.4, 0.5) is 0 Å². The van der Waals surface area contributed by atoms with Crippen molar-refractivity contribution in [2.45, 2.75) is 0 Å². The molecule has 0 atom stereocenters. The van der Waals surface area contributed by atoms with Gasteiger partial charge in [0.15, 0.2) is 0 Å². The molecule has 2 aromatic heterocycles. The van der Waals surface area contributed by atoms with Crippen LogP contribution in [0.15, 0.2) is 65.6 Å². The van der Waals surface area contributed by atoms with Gasteiger partial charge in [-0.15, -0.1) is 41.8 Å². The van der Waals surface area contributed by atoms with E-state index in [1.807, 2.05) is 42.5 Å². The first-order valence-electron chi connectivity index (χ1n) is 7.29. The topological polar surface area (TPSA) is 60.8 Å². The summed E-state index contributed by atoms with van der Waals surface area (Å²) in [5, 5.41) is 3.17. The van der Waals surface area contributed by atoms with Gasteiger partial charge in [-0.3, -0.25) is 4.98 Å². The number of halogens is 4. The van der Waals surface area contributed by atoms with Gasteiger partial charge in [-0.25, -0.2) is 11.1 Å². The molecule has 8 heteroatoms. The van der Waals surface area contributed by atoms with Gasteiger partial charge in [0.2, 0.25) is 0 Å². The third kappa shape index (κ3) is 6.71. The summed E-state index contributed by atoms with van der Waals surface area (Å²) >= 11 is 14.7. The van der Waals surface area contributed by atoms with E-state index in [1.165, 1.54) is 0 Å². The van der Waals surface area contributed by atoms with Crippen molar-refractivity contribution >= 4 is 73.3 Å². The Balaban J connectivity index is 0.000000574. The number of rotatable bonds is 1. The van der Waals surface area contributed by atoms with Crippen LogP contribution >= 0.6 is 51.5 Å². The zero-order valence-corrected chi connectivity index (χ0v) is 19.4. The largest absolute Gasteiger partial charge is 2.00 e. The van der Waals surface area contributed by atoms with Gasteiger partial charge in [-0.1, -0.05) is 49.2 Å². The number of nitrogens with zero attached hydrogens (tertiary/aromatic N) is 2. The Kier molecular flexibility index (Phi) is 11.9. The van der Waals surface area contributed by atoms with Crippen molar-refractivity contribution in [1.29, 1.82) is 0 Å². The van der Waals surface area contributed by atoms with E-state index in [0.29, 0.717) is 15.9 Å². The average molecular weight is 539 g/mol. The van der Waals surface area contributed by atoms with E-state index in [0.717, 1.165) is 26.3 Å². The predicted molar refractivity (Wildman–Crippen MR) is 120 cm³/mol. The van der Waals surface area contributed by atoms with Crippen molar-refractivity contribution in [3.63, 3.8) is 0 Å². The van der Waals surface area contributed by atoms with Gasteiger partial charge in [-0.05, 0) is 17.5 Å². The van der Waals surface area contributed by atoms with Gasteiger partial charge in [0.25, 0.3) is 0 Å². The predicted octanol–water partition coefficient (Wildman–Crippen LogP) is 7.26. The number of hydrogen-bond acceptors (Lipinski definition) is 3. The minimum absolute atomic E-state index is 0. The van der Waals surface area contributed by atoms with Crippen LogP contribution in [-0.2, 0) is 17.1 Å². The van der Waals surface area contributed by atoms with Crippen LogP contribution in [-0.4, -0.2) is 9.97 Å². The Morgan fingerprint density at radius 2 is 1.46 bits per heavy atom. The number of benzene rings is 2. The van der Waals surface area contributed by atoms with E-state index in [1.54, 1.807) is 12.1 Å². The summed E-state index contributed by atoms with van der Waals surface area (Å²) in [5.41, 5.74) is 2.36. The molecule has 4 rings (SSSR count). The summed E-state index contributed by atoms with van der Waals surface area (Å²) in [4.78, 5) is 8.80. The first-order chi connectivity index (χ1) is 12.1. The molecule has 28 heavy (non-hydrogen) atoms. The summed E-state index contributed by atoms with van der Waals surface area (Å²) < 4.78 is 0.894. The first kappa shape index (κ1) is 26.8. The maximum Gasteiger partial charge on any atom is 2.00 e. The zero-order valence-electron chi connectivity index (χ0n) is 14.4. The molecular weight excluding hydrogens is 524 g/mol. The van der Waals surface area contributed by atoms with Crippen molar-refractivity contribution in [3.05, 3.63) is 93.7 Å². The number of fused-ring (bicyclic) bond motifs is 3. The summed E-state index contributed by atoms with van der Waals surface area (Å²) in [7, 11) is 0. The first-order valence-corrected chi connectivity index (χ1v) is 8.84. The molecule has 2 aromatic carbocycles. The summed E-state index contributed by atoms with van der Waals surface area (Å²) in [5.74, 6) is 0. The fourth-order valence-electron chi connectivity index (χ4n) is 2.26. The smallest absolute Gasteiger partial charge is 0.344 e. The Morgan fingerprint density at radius 3 is 2.00 bits per heavy atom. The molecule has 146 valence electrons. The molecule has 0 aliphatic heterocycles. The maximum atomic E-state index is 5.93.